The number of amides is 2. The molecule has 2 aromatic rings. The molecule has 1 aliphatic heterocycles. The smallest absolute Gasteiger partial charge is 0.317 e. The number of halogens is 1. The summed E-state index contributed by atoms with van der Waals surface area (Å²) in [4.78, 5) is 18.0. The average molecular weight is 332 g/mol. The minimum atomic E-state index is -0.0861. The fraction of sp³-hybridized carbons (Fsp3) is 0.294. The summed E-state index contributed by atoms with van der Waals surface area (Å²) in [6.07, 6.45) is 0.00517. The molecule has 5 nitrogen and oxygen atoms in total. The zero-order valence-corrected chi connectivity index (χ0v) is 13.6. The second kappa shape index (κ2) is 6.87. The lowest BCUT2D eigenvalue weighted by molar-refractivity contribution is 0.0412. The summed E-state index contributed by atoms with van der Waals surface area (Å²) in [5.41, 5.74) is 1.93. The van der Waals surface area contributed by atoms with Crippen molar-refractivity contribution in [2.75, 3.05) is 13.1 Å². The second-order valence-electron chi connectivity index (χ2n) is 5.55. The van der Waals surface area contributed by atoms with Crippen LogP contribution in [0.1, 0.15) is 11.3 Å². The van der Waals surface area contributed by atoms with Gasteiger partial charge in [0, 0.05) is 23.3 Å². The molecule has 0 atom stereocenters. The van der Waals surface area contributed by atoms with Gasteiger partial charge in [-0.15, -0.1) is 0 Å². The number of pyridine rings is 1. The van der Waals surface area contributed by atoms with E-state index in [-0.39, 0.29) is 12.1 Å². The van der Waals surface area contributed by atoms with Crippen molar-refractivity contribution in [1.82, 2.24) is 15.2 Å². The predicted octanol–water partition coefficient (Wildman–Crippen LogP) is 3.02. The van der Waals surface area contributed by atoms with Crippen LogP contribution >= 0.6 is 11.6 Å². The van der Waals surface area contributed by atoms with Gasteiger partial charge in [0.2, 0.25) is 5.88 Å². The van der Waals surface area contributed by atoms with E-state index in [0.29, 0.717) is 30.5 Å². The summed E-state index contributed by atoms with van der Waals surface area (Å²) in [5, 5.41) is 3.57. The highest BCUT2D eigenvalue weighted by Crippen LogP contribution is 2.16. The summed E-state index contributed by atoms with van der Waals surface area (Å²) in [6.45, 7) is 3.55. The van der Waals surface area contributed by atoms with Gasteiger partial charge in [0.1, 0.15) is 6.10 Å². The molecule has 0 aliphatic carbocycles. The number of likely N-dealkylation sites (tertiary alicyclic amines) is 1. The SMILES string of the molecule is Cc1cccc(OC2CN(C(=O)NCc3ccc(Cl)cc3)C2)n1. The lowest BCUT2D eigenvalue weighted by atomic mass is 10.2. The highest BCUT2D eigenvalue weighted by molar-refractivity contribution is 6.30. The Morgan fingerprint density at radius 3 is 2.74 bits per heavy atom. The molecular formula is C17H18ClN3O2. The molecule has 2 amide bonds. The maximum absolute atomic E-state index is 12.0. The van der Waals surface area contributed by atoms with Crippen molar-refractivity contribution < 1.29 is 9.53 Å². The number of aryl methyl sites for hydroxylation is 1. The summed E-state index contributed by atoms with van der Waals surface area (Å²) >= 11 is 5.83. The van der Waals surface area contributed by atoms with E-state index in [9.17, 15) is 4.79 Å². The number of urea groups is 1. The molecule has 6 heteroatoms. The number of hydrogen-bond donors (Lipinski definition) is 1. The van der Waals surface area contributed by atoms with Crippen molar-refractivity contribution in [3.05, 3.63) is 58.7 Å². The highest BCUT2D eigenvalue weighted by Gasteiger charge is 2.32. The maximum atomic E-state index is 12.0. The first-order valence-corrected chi connectivity index (χ1v) is 7.85. The monoisotopic (exact) mass is 331 g/mol. The molecule has 1 aromatic heterocycles. The number of carbonyl (C=O) groups excluding carboxylic acids is 1. The standard InChI is InChI=1S/C17H18ClN3O2/c1-12-3-2-4-16(20-12)23-15-10-21(11-15)17(22)19-9-13-5-7-14(18)8-6-13/h2-8,15H,9-11H2,1H3,(H,19,22). The Morgan fingerprint density at radius 2 is 2.04 bits per heavy atom. The third-order valence-electron chi connectivity index (χ3n) is 3.64. The Morgan fingerprint density at radius 1 is 1.30 bits per heavy atom. The quantitative estimate of drug-likeness (QED) is 0.937. The van der Waals surface area contributed by atoms with Crippen molar-refractivity contribution in [3.63, 3.8) is 0 Å². The molecule has 0 unspecified atom stereocenters. The molecule has 1 fully saturated rings. The zero-order valence-electron chi connectivity index (χ0n) is 12.8. The third kappa shape index (κ3) is 4.13. The van der Waals surface area contributed by atoms with E-state index >= 15 is 0 Å². The lowest BCUT2D eigenvalue weighted by Crippen LogP contribution is -2.58. The molecule has 0 bridgehead atoms. The van der Waals surface area contributed by atoms with E-state index in [2.05, 4.69) is 10.3 Å². The molecular weight excluding hydrogens is 314 g/mol. The van der Waals surface area contributed by atoms with Crippen molar-refractivity contribution in [3.8, 4) is 5.88 Å². The van der Waals surface area contributed by atoms with Crippen LogP contribution in [0.3, 0.4) is 0 Å². The summed E-state index contributed by atoms with van der Waals surface area (Å²) in [7, 11) is 0. The van der Waals surface area contributed by atoms with Crippen molar-refractivity contribution in [2.45, 2.75) is 19.6 Å². The molecule has 1 saturated heterocycles. The molecule has 0 radical (unpaired) electrons. The number of carbonyl (C=O) groups is 1. The second-order valence-corrected chi connectivity index (χ2v) is 5.98. The van der Waals surface area contributed by atoms with Gasteiger partial charge >= 0.3 is 6.03 Å². The number of hydrogen-bond acceptors (Lipinski definition) is 3. The van der Waals surface area contributed by atoms with Crippen molar-refractivity contribution >= 4 is 17.6 Å². The van der Waals surface area contributed by atoms with Gasteiger partial charge in [-0.1, -0.05) is 29.8 Å². The van der Waals surface area contributed by atoms with Gasteiger partial charge in [0.25, 0.3) is 0 Å². The third-order valence-corrected chi connectivity index (χ3v) is 3.89. The average Bonchev–Trinajstić information content (AvgIpc) is 2.50. The number of benzene rings is 1. The molecule has 0 spiro atoms. The van der Waals surface area contributed by atoms with Crippen molar-refractivity contribution in [1.29, 1.82) is 0 Å². The van der Waals surface area contributed by atoms with Gasteiger partial charge in [-0.3, -0.25) is 0 Å². The maximum Gasteiger partial charge on any atom is 0.317 e. The minimum Gasteiger partial charge on any atom is -0.471 e. The number of nitrogens with zero attached hydrogens (tertiary/aromatic N) is 2. The first-order chi connectivity index (χ1) is 11.1. The Labute approximate surface area is 140 Å². The minimum absolute atomic E-state index is 0.00517. The van der Waals surface area contributed by atoms with Crippen LogP contribution in [-0.4, -0.2) is 35.1 Å². The van der Waals surface area contributed by atoms with Crippen LogP contribution < -0.4 is 10.1 Å². The fourth-order valence-corrected chi connectivity index (χ4v) is 2.45. The normalized spacial score (nSPS) is 14.3. The van der Waals surface area contributed by atoms with Gasteiger partial charge in [-0.25, -0.2) is 9.78 Å². The first kappa shape index (κ1) is 15.6. The molecule has 1 aromatic carbocycles. The summed E-state index contributed by atoms with van der Waals surface area (Å²) in [6, 6.07) is 13.0. The van der Waals surface area contributed by atoms with Gasteiger partial charge in [-0.05, 0) is 30.7 Å². The molecule has 3 rings (SSSR count). The predicted molar refractivity (Wildman–Crippen MR) is 88.7 cm³/mol. The number of rotatable bonds is 4. The van der Waals surface area contributed by atoms with E-state index < -0.39 is 0 Å². The molecule has 120 valence electrons. The topological polar surface area (TPSA) is 54.5 Å². The largest absolute Gasteiger partial charge is 0.471 e. The number of nitrogens with one attached hydrogen (secondary N) is 1. The molecule has 23 heavy (non-hydrogen) atoms. The van der Waals surface area contributed by atoms with Crippen molar-refractivity contribution in [2.24, 2.45) is 0 Å². The molecule has 0 saturated carbocycles. The van der Waals surface area contributed by atoms with Crippen LogP contribution in [0.25, 0.3) is 0 Å². The number of aromatic nitrogens is 1. The van der Waals surface area contributed by atoms with Gasteiger partial charge in [-0.2, -0.15) is 0 Å². The van der Waals surface area contributed by atoms with Crippen LogP contribution in [0.4, 0.5) is 4.79 Å². The molecule has 2 heterocycles. The van der Waals surface area contributed by atoms with Crippen LogP contribution in [0.5, 0.6) is 5.88 Å². The van der Waals surface area contributed by atoms with E-state index in [4.69, 9.17) is 16.3 Å². The van der Waals surface area contributed by atoms with E-state index in [1.807, 2.05) is 49.4 Å². The summed E-state index contributed by atoms with van der Waals surface area (Å²) in [5.74, 6) is 0.608. The fourth-order valence-electron chi connectivity index (χ4n) is 2.32. The Balaban J connectivity index is 1.42. The molecule has 1 N–H and O–H groups in total. The van der Waals surface area contributed by atoms with Crippen LogP contribution in [0, 0.1) is 6.92 Å². The Hall–Kier alpha value is -2.27. The number of ether oxygens (including phenoxy) is 1. The highest BCUT2D eigenvalue weighted by atomic mass is 35.5. The van der Waals surface area contributed by atoms with E-state index in [1.165, 1.54) is 0 Å². The van der Waals surface area contributed by atoms with Crippen LogP contribution in [0.2, 0.25) is 5.02 Å². The summed E-state index contributed by atoms with van der Waals surface area (Å²) < 4.78 is 5.74. The molecule has 1 aliphatic rings. The zero-order chi connectivity index (χ0) is 16.2. The van der Waals surface area contributed by atoms with Crippen LogP contribution in [-0.2, 0) is 6.54 Å². The van der Waals surface area contributed by atoms with Gasteiger partial charge in [0.05, 0.1) is 13.1 Å². The van der Waals surface area contributed by atoms with Gasteiger partial charge < -0.3 is 15.0 Å². The lowest BCUT2D eigenvalue weighted by Gasteiger charge is -2.38. The Bertz CT molecular complexity index is 684. The Kier molecular flexibility index (Phi) is 4.67. The first-order valence-electron chi connectivity index (χ1n) is 7.48. The van der Waals surface area contributed by atoms with E-state index in [1.54, 1.807) is 4.90 Å². The van der Waals surface area contributed by atoms with Crippen LogP contribution in [0.15, 0.2) is 42.5 Å². The van der Waals surface area contributed by atoms with E-state index in [0.717, 1.165) is 11.3 Å². The van der Waals surface area contributed by atoms with Gasteiger partial charge in [0.15, 0.2) is 0 Å².